The SMILES string of the molecule is CC1=CC[C@]2(C(=O)O[C@@H]3O[C@H](CO[C@@H]4O[C@H](CO)[C@@H](O[C@@H]5O[C@@H](C)[C@H](O)[C@@H](O)[C@H]5O)[C@H](O)[C@H]4O)[C@@H](O)[C@H](O)[C@H]3O)CC[C@]3(C)[C@H](CC[C@@H]4[C@]5(C)C[C@H](O)[C@H](O)[C@](C)(CO)[C@@H]5[C@H](O)C[C@@]43C)[C@@H]2[C@H]1C. The third-order valence-corrected chi connectivity index (χ3v) is 19.8. The number of esters is 1. The fraction of sp³-hybridized carbons (Fsp3) is 0.938. The van der Waals surface area contributed by atoms with Crippen LogP contribution >= 0.6 is 0 Å². The standard InChI is InChI=1S/C48H78O20/c1-19-10-11-48(13-12-46(6)22(28(48)20(19)2)8-9-27-44(4)14-24(52)39(61)45(5,18-50)38(44)23(51)15-47(27,46)7)43(62)68-42-35(59)32(56)30(54)26(66-42)17-63-40-36(60)33(57)37(25(16-49)65-40)67-41-34(58)31(55)29(53)21(3)64-41/h10,20-42,49-61H,8-9,11-18H2,1-7H3/t20-,21-,22+,23+,24-,25+,26+,27+,28-,29-,30+,31+,32-,33+,34+,35+,36+,37+,38+,39-,40+,41-,42-,44-,45+,46+,47-,48-/m0/s1. The van der Waals surface area contributed by atoms with Gasteiger partial charge < -0.3 is 94.8 Å². The second kappa shape index (κ2) is 18.8. The number of hydrogen-bond acceptors (Lipinski definition) is 20. The molecule has 5 aliphatic carbocycles. The Kier molecular flexibility index (Phi) is 14.6. The van der Waals surface area contributed by atoms with Gasteiger partial charge in [0, 0.05) is 11.3 Å². The summed E-state index contributed by atoms with van der Waals surface area (Å²) in [6.07, 6.45) is -22.3. The van der Waals surface area contributed by atoms with Gasteiger partial charge in [0.2, 0.25) is 6.29 Å². The van der Waals surface area contributed by atoms with Gasteiger partial charge in [-0.25, -0.2) is 0 Å². The molecule has 3 heterocycles. The molecule has 13 N–H and O–H groups in total. The van der Waals surface area contributed by atoms with Crippen molar-refractivity contribution in [1.82, 2.24) is 0 Å². The first-order chi connectivity index (χ1) is 31.8. The molecule has 20 nitrogen and oxygen atoms in total. The molecule has 0 spiro atoms. The van der Waals surface area contributed by atoms with Crippen LogP contribution in [0.15, 0.2) is 11.6 Å². The number of rotatable bonds is 9. The van der Waals surface area contributed by atoms with Gasteiger partial charge in [-0.1, -0.05) is 46.3 Å². The minimum absolute atomic E-state index is 0.0121. The second-order valence-corrected chi connectivity index (χ2v) is 23.1. The summed E-state index contributed by atoms with van der Waals surface area (Å²) in [6, 6.07) is 0. The first-order valence-electron chi connectivity index (χ1n) is 24.6. The molecule has 20 heteroatoms. The van der Waals surface area contributed by atoms with Crippen LogP contribution in [0.25, 0.3) is 0 Å². The number of hydrogen-bond donors (Lipinski definition) is 13. The smallest absolute Gasteiger partial charge is 0.315 e. The summed E-state index contributed by atoms with van der Waals surface area (Å²) < 4.78 is 34.6. The number of carbonyl (C=O) groups is 1. The van der Waals surface area contributed by atoms with E-state index in [1.54, 1.807) is 6.92 Å². The molecule has 0 radical (unpaired) electrons. The molecular weight excluding hydrogens is 897 g/mol. The summed E-state index contributed by atoms with van der Waals surface area (Å²) in [5.41, 5.74) is -2.62. The molecule has 28 atom stereocenters. The van der Waals surface area contributed by atoms with Crippen LogP contribution in [0.4, 0.5) is 0 Å². The normalized spacial score (nSPS) is 57.1. The first kappa shape index (κ1) is 52.8. The highest BCUT2D eigenvalue weighted by Crippen LogP contribution is 2.77. The summed E-state index contributed by atoms with van der Waals surface area (Å²) in [5, 5.41) is 142. The van der Waals surface area contributed by atoms with Crippen LogP contribution in [-0.2, 0) is 33.2 Å². The highest BCUT2D eigenvalue weighted by Gasteiger charge is 2.74. The zero-order chi connectivity index (χ0) is 50.0. The van der Waals surface area contributed by atoms with Gasteiger partial charge in [-0.2, -0.15) is 0 Å². The summed E-state index contributed by atoms with van der Waals surface area (Å²) in [5.74, 6) is -1.48. The number of aliphatic hydroxyl groups is 13. The van der Waals surface area contributed by atoms with Gasteiger partial charge in [-0.15, -0.1) is 0 Å². The Morgan fingerprint density at radius 1 is 0.706 bits per heavy atom. The van der Waals surface area contributed by atoms with Crippen molar-refractivity contribution >= 4 is 5.97 Å². The van der Waals surface area contributed by atoms with E-state index >= 15 is 4.79 Å². The van der Waals surface area contributed by atoms with Crippen LogP contribution in [0.2, 0.25) is 0 Å². The zero-order valence-electron chi connectivity index (χ0n) is 40.1. The lowest BCUT2D eigenvalue weighted by molar-refractivity contribution is -0.361. The molecule has 3 aliphatic heterocycles. The van der Waals surface area contributed by atoms with Gasteiger partial charge in [-0.05, 0) is 98.7 Å². The number of allylic oxidation sites excluding steroid dienone is 2. The minimum Gasteiger partial charge on any atom is -0.432 e. The molecule has 68 heavy (non-hydrogen) atoms. The average Bonchev–Trinajstić information content (AvgIpc) is 3.29. The lowest BCUT2D eigenvalue weighted by atomic mass is 9.31. The van der Waals surface area contributed by atoms with Gasteiger partial charge in [0.15, 0.2) is 12.6 Å². The second-order valence-electron chi connectivity index (χ2n) is 23.1. The van der Waals surface area contributed by atoms with Crippen molar-refractivity contribution in [3.8, 4) is 0 Å². The van der Waals surface area contributed by atoms with E-state index in [2.05, 4.69) is 27.7 Å². The summed E-state index contributed by atoms with van der Waals surface area (Å²) in [4.78, 5) is 15.0. The Labute approximate surface area is 396 Å². The van der Waals surface area contributed by atoms with E-state index < -0.39 is 163 Å². The fourth-order valence-corrected chi connectivity index (χ4v) is 15.8. The van der Waals surface area contributed by atoms with Crippen molar-refractivity contribution in [3.05, 3.63) is 11.6 Å². The van der Waals surface area contributed by atoms with Gasteiger partial charge in [0.1, 0.15) is 67.1 Å². The van der Waals surface area contributed by atoms with Crippen molar-refractivity contribution in [3.63, 3.8) is 0 Å². The lowest BCUT2D eigenvalue weighted by Gasteiger charge is -2.74. The van der Waals surface area contributed by atoms with Crippen LogP contribution in [0, 0.1) is 56.7 Å². The summed E-state index contributed by atoms with van der Waals surface area (Å²) >= 11 is 0. The Morgan fingerprint density at radius 3 is 2.00 bits per heavy atom. The molecule has 0 bridgehead atoms. The molecule has 7 fully saturated rings. The van der Waals surface area contributed by atoms with Gasteiger partial charge in [0.05, 0.1) is 49.7 Å². The Hall–Kier alpha value is -1.51. The Morgan fingerprint density at radius 2 is 1.34 bits per heavy atom. The largest absolute Gasteiger partial charge is 0.432 e. The highest BCUT2D eigenvalue weighted by molar-refractivity contribution is 5.78. The van der Waals surface area contributed by atoms with Crippen LogP contribution in [-0.4, -0.2) is 203 Å². The van der Waals surface area contributed by atoms with Crippen molar-refractivity contribution in [2.75, 3.05) is 19.8 Å². The Bertz CT molecular complexity index is 1860. The maximum atomic E-state index is 15.0. The van der Waals surface area contributed by atoms with E-state index in [4.69, 9.17) is 28.4 Å². The van der Waals surface area contributed by atoms with Crippen LogP contribution in [0.1, 0.15) is 93.4 Å². The third kappa shape index (κ3) is 7.89. The van der Waals surface area contributed by atoms with Gasteiger partial charge >= 0.3 is 5.97 Å². The molecule has 8 aliphatic rings. The third-order valence-electron chi connectivity index (χ3n) is 19.8. The van der Waals surface area contributed by atoms with Gasteiger partial charge in [-0.3, -0.25) is 4.79 Å². The van der Waals surface area contributed by atoms with Crippen LogP contribution in [0.3, 0.4) is 0 Å². The number of aliphatic hydroxyl groups excluding tert-OH is 13. The number of ether oxygens (including phenoxy) is 6. The number of fused-ring (bicyclic) bond motifs is 7. The molecule has 390 valence electrons. The first-order valence-corrected chi connectivity index (χ1v) is 24.6. The summed E-state index contributed by atoms with van der Waals surface area (Å²) in [6.45, 7) is 12.1. The molecule has 3 saturated heterocycles. The molecule has 8 rings (SSSR count). The van der Waals surface area contributed by atoms with E-state index in [1.807, 2.05) is 13.0 Å². The summed E-state index contributed by atoms with van der Waals surface area (Å²) in [7, 11) is 0. The molecule has 0 aromatic rings. The Balaban J connectivity index is 0.982. The van der Waals surface area contributed by atoms with Crippen molar-refractivity contribution < 1.29 is 99.6 Å². The van der Waals surface area contributed by atoms with Crippen molar-refractivity contribution in [2.45, 2.75) is 204 Å². The molecule has 0 aromatic carbocycles. The lowest BCUT2D eigenvalue weighted by Crippen LogP contribution is -2.73. The average molecular weight is 975 g/mol. The predicted molar refractivity (Wildman–Crippen MR) is 233 cm³/mol. The maximum absolute atomic E-state index is 15.0. The predicted octanol–water partition coefficient (Wildman–Crippen LogP) is -2.06. The molecule has 0 amide bonds. The topological polar surface area (TPSA) is 335 Å². The van der Waals surface area contributed by atoms with E-state index in [1.165, 1.54) is 6.92 Å². The van der Waals surface area contributed by atoms with E-state index in [0.29, 0.717) is 25.7 Å². The van der Waals surface area contributed by atoms with E-state index in [0.717, 1.165) is 18.4 Å². The van der Waals surface area contributed by atoms with Crippen molar-refractivity contribution in [1.29, 1.82) is 0 Å². The van der Waals surface area contributed by atoms with E-state index in [-0.39, 0.29) is 36.7 Å². The van der Waals surface area contributed by atoms with Crippen LogP contribution in [0.5, 0.6) is 0 Å². The molecular formula is C48H78O20. The fourth-order valence-electron chi connectivity index (χ4n) is 15.8. The number of carbonyl (C=O) groups excluding carboxylic acids is 1. The van der Waals surface area contributed by atoms with E-state index in [9.17, 15) is 66.4 Å². The monoisotopic (exact) mass is 975 g/mol. The zero-order valence-corrected chi connectivity index (χ0v) is 40.1. The molecule has 0 aromatic heterocycles. The van der Waals surface area contributed by atoms with Crippen LogP contribution < -0.4 is 0 Å². The van der Waals surface area contributed by atoms with Gasteiger partial charge in [0.25, 0.3) is 0 Å². The maximum Gasteiger partial charge on any atom is 0.315 e. The molecule has 0 unspecified atom stereocenters. The molecule has 4 saturated carbocycles. The van der Waals surface area contributed by atoms with Crippen molar-refractivity contribution in [2.24, 2.45) is 56.7 Å². The quantitative estimate of drug-likeness (QED) is 0.0873. The highest BCUT2D eigenvalue weighted by atomic mass is 16.8. The minimum atomic E-state index is -1.89.